The molecule has 0 heterocycles. The van der Waals surface area contributed by atoms with Gasteiger partial charge >= 0.3 is 0 Å². The Morgan fingerprint density at radius 2 is 1.92 bits per heavy atom. The Kier molecular flexibility index (Phi) is 3.71. The van der Waals surface area contributed by atoms with E-state index in [2.05, 4.69) is 15.9 Å². The van der Waals surface area contributed by atoms with E-state index in [4.69, 9.17) is 15.9 Å². The molecule has 0 aliphatic carbocycles. The number of rotatable bonds is 3. The molecule has 0 spiro atoms. The Labute approximate surface area is 85.3 Å². The van der Waals surface area contributed by atoms with Crippen LogP contribution in [0.25, 0.3) is 0 Å². The van der Waals surface area contributed by atoms with E-state index < -0.39 is 0 Å². The van der Waals surface area contributed by atoms with Crippen LogP contribution in [-0.2, 0) is 0 Å². The summed E-state index contributed by atoms with van der Waals surface area (Å²) in [7, 11) is 0. The molecule has 1 rings (SSSR count). The van der Waals surface area contributed by atoms with Crippen LogP contribution in [0.2, 0.25) is 0 Å². The molecule has 13 heavy (non-hydrogen) atoms. The molecule has 1 aromatic rings. The fraction of sp³-hybridized carbons (Fsp3) is 0.333. The standard InChI is InChI=1S/C9H12BrNO2/c10-7-1-2-8(9(11)3-7)6(4-12)5-13/h1-3,6,12-13H,4-5,11H2. The number of aliphatic hydroxyl groups is 2. The van der Waals surface area contributed by atoms with Gasteiger partial charge < -0.3 is 15.9 Å². The smallest absolute Gasteiger partial charge is 0.0522 e. The van der Waals surface area contributed by atoms with Gasteiger partial charge in [0.15, 0.2) is 0 Å². The van der Waals surface area contributed by atoms with Crippen LogP contribution in [0.15, 0.2) is 22.7 Å². The van der Waals surface area contributed by atoms with Gasteiger partial charge in [-0.25, -0.2) is 0 Å². The maximum absolute atomic E-state index is 8.95. The van der Waals surface area contributed by atoms with Gasteiger partial charge in [0.05, 0.1) is 13.2 Å². The molecule has 0 bridgehead atoms. The number of nitrogen functional groups attached to an aromatic ring is 1. The van der Waals surface area contributed by atoms with Gasteiger partial charge in [-0.1, -0.05) is 22.0 Å². The highest BCUT2D eigenvalue weighted by Crippen LogP contribution is 2.25. The summed E-state index contributed by atoms with van der Waals surface area (Å²) in [5, 5.41) is 17.9. The zero-order valence-corrected chi connectivity index (χ0v) is 8.66. The average molecular weight is 246 g/mol. The highest BCUT2D eigenvalue weighted by atomic mass is 79.9. The van der Waals surface area contributed by atoms with Crippen molar-refractivity contribution in [2.75, 3.05) is 18.9 Å². The third-order valence-corrected chi connectivity index (χ3v) is 2.42. The van der Waals surface area contributed by atoms with E-state index in [0.29, 0.717) is 5.69 Å². The monoisotopic (exact) mass is 245 g/mol. The molecular weight excluding hydrogens is 234 g/mol. The number of aliphatic hydroxyl groups excluding tert-OH is 2. The van der Waals surface area contributed by atoms with Crippen molar-refractivity contribution in [2.45, 2.75) is 5.92 Å². The second-order valence-electron chi connectivity index (χ2n) is 2.84. The molecule has 0 aromatic heterocycles. The zero-order chi connectivity index (χ0) is 9.84. The summed E-state index contributed by atoms with van der Waals surface area (Å²) in [6, 6.07) is 5.40. The highest BCUT2D eigenvalue weighted by Gasteiger charge is 2.11. The topological polar surface area (TPSA) is 66.5 Å². The van der Waals surface area contributed by atoms with E-state index in [1.807, 2.05) is 6.07 Å². The van der Waals surface area contributed by atoms with Crippen molar-refractivity contribution < 1.29 is 10.2 Å². The molecule has 0 radical (unpaired) electrons. The maximum Gasteiger partial charge on any atom is 0.0522 e. The Balaban J connectivity index is 2.99. The second kappa shape index (κ2) is 4.60. The van der Waals surface area contributed by atoms with Crippen molar-refractivity contribution >= 4 is 21.6 Å². The van der Waals surface area contributed by atoms with Crippen LogP contribution < -0.4 is 5.73 Å². The van der Waals surface area contributed by atoms with Crippen LogP contribution in [0.3, 0.4) is 0 Å². The number of anilines is 1. The predicted octanol–water partition coefficient (Wildman–Crippen LogP) is 1.10. The predicted molar refractivity (Wildman–Crippen MR) is 55.5 cm³/mol. The summed E-state index contributed by atoms with van der Waals surface area (Å²) in [4.78, 5) is 0. The molecule has 0 aliphatic rings. The van der Waals surface area contributed by atoms with Crippen LogP contribution in [-0.4, -0.2) is 23.4 Å². The van der Waals surface area contributed by atoms with Crippen LogP contribution in [0.5, 0.6) is 0 Å². The molecule has 4 heteroatoms. The molecule has 0 fully saturated rings. The molecule has 1 aromatic carbocycles. The maximum atomic E-state index is 8.95. The zero-order valence-electron chi connectivity index (χ0n) is 7.07. The third-order valence-electron chi connectivity index (χ3n) is 1.93. The second-order valence-corrected chi connectivity index (χ2v) is 3.75. The summed E-state index contributed by atoms with van der Waals surface area (Å²) < 4.78 is 0.892. The van der Waals surface area contributed by atoms with Crippen LogP contribution in [0, 0.1) is 0 Å². The van der Waals surface area contributed by atoms with Crippen molar-refractivity contribution in [1.29, 1.82) is 0 Å². The molecule has 0 saturated carbocycles. The van der Waals surface area contributed by atoms with Crippen molar-refractivity contribution in [3.63, 3.8) is 0 Å². The largest absolute Gasteiger partial charge is 0.398 e. The molecule has 72 valence electrons. The van der Waals surface area contributed by atoms with Crippen molar-refractivity contribution in [3.05, 3.63) is 28.2 Å². The molecule has 0 saturated heterocycles. The minimum atomic E-state index is -0.284. The molecular formula is C9H12BrNO2. The van der Waals surface area contributed by atoms with E-state index >= 15 is 0 Å². The molecule has 0 atom stereocenters. The van der Waals surface area contributed by atoms with Gasteiger partial charge in [-0.05, 0) is 17.7 Å². The lowest BCUT2D eigenvalue weighted by Crippen LogP contribution is -2.11. The van der Waals surface area contributed by atoms with E-state index in [-0.39, 0.29) is 19.1 Å². The normalized spacial score (nSPS) is 10.8. The summed E-state index contributed by atoms with van der Waals surface area (Å²) in [5.41, 5.74) is 7.09. The number of hydrogen-bond donors (Lipinski definition) is 3. The van der Waals surface area contributed by atoms with Crippen LogP contribution in [0.4, 0.5) is 5.69 Å². The summed E-state index contributed by atoms with van der Waals surface area (Å²) >= 11 is 3.28. The van der Waals surface area contributed by atoms with Crippen molar-refractivity contribution in [2.24, 2.45) is 0 Å². The lowest BCUT2D eigenvalue weighted by molar-refractivity contribution is 0.193. The Morgan fingerprint density at radius 3 is 2.38 bits per heavy atom. The van der Waals surface area contributed by atoms with E-state index in [1.54, 1.807) is 12.1 Å². The van der Waals surface area contributed by atoms with Gasteiger partial charge in [-0.3, -0.25) is 0 Å². The fourth-order valence-electron chi connectivity index (χ4n) is 1.17. The number of benzene rings is 1. The van der Waals surface area contributed by atoms with Gasteiger partial charge in [-0.15, -0.1) is 0 Å². The van der Waals surface area contributed by atoms with Gasteiger partial charge in [-0.2, -0.15) is 0 Å². The molecule has 0 aliphatic heterocycles. The number of nitrogens with two attached hydrogens (primary N) is 1. The summed E-state index contributed by atoms with van der Waals surface area (Å²) in [6.45, 7) is -0.190. The first-order chi connectivity index (χ1) is 6.19. The molecule has 0 amide bonds. The average Bonchev–Trinajstić information content (AvgIpc) is 2.10. The molecule has 3 nitrogen and oxygen atoms in total. The fourth-order valence-corrected chi connectivity index (χ4v) is 1.55. The van der Waals surface area contributed by atoms with Crippen molar-refractivity contribution in [3.8, 4) is 0 Å². The molecule has 0 unspecified atom stereocenters. The van der Waals surface area contributed by atoms with Gasteiger partial charge in [0, 0.05) is 16.1 Å². The lowest BCUT2D eigenvalue weighted by atomic mass is 9.99. The minimum absolute atomic E-state index is 0.0949. The number of halogens is 1. The summed E-state index contributed by atoms with van der Waals surface area (Å²) in [6.07, 6.45) is 0. The Morgan fingerprint density at radius 1 is 1.31 bits per heavy atom. The quantitative estimate of drug-likeness (QED) is 0.699. The van der Waals surface area contributed by atoms with Gasteiger partial charge in [0.2, 0.25) is 0 Å². The number of hydrogen-bond acceptors (Lipinski definition) is 3. The lowest BCUT2D eigenvalue weighted by Gasteiger charge is -2.13. The Bertz CT molecular complexity index is 287. The Hall–Kier alpha value is -0.580. The van der Waals surface area contributed by atoms with Crippen LogP contribution in [0.1, 0.15) is 11.5 Å². The summed E-state index contributed by atoms with van der Waals surface area (Å²) in [5.74, 6) is -0.284. The first kappa shape index (κ1) is 10.5. The van der Waals surface area contributed by atoms with E-state index in [1.165, 1.54) is 0 Å². The van der Waals surface area contributed by atoms with Gasteiger partial charge in [0.1, 0.15) is 0 Å². The van der Waals surface area contributed by atoms with Crippen LogP contribution >= 0.6 is 15.9 Å². The minimum Gasteiger partial charge on any atom is -0.398 e. The first-order valence-electron chi connectivity index (χ1n) is 3.95. The highest BCUT2D eigenvalue weighted by molar-refractivity contribution is 9.10. The van der Waals surface area contributed by atoms with E-state index in [9.17, 15) is 0 Å². The van der Waals surface area contributed by atoms with Gasteiger partial charge in [0.25, 0.3) is 0 Å². The van der Waals surface area contributed by atoms with E-state index in [0.717, 1.165) is 10.0 Å². The first-order valence-corrected chi connectivity index (χ1v) is 4.75. The van der Waals surface area contributed by atoms with Crippen molar-refractivity contribution in [1.82, 2.24) is 0 Å². The third kappa shape index (κ3) is 2.43. The SMILES string of the molecule is Nc1cc(Br)ccc1C(CO)CO. The molecule has 4 N–H and O–H groups in total.